The van der Waals surface area contributed by atoms with Gasteiger partial charge < -0.3 is 10.5 Å². The highest BCUT2D eigenvalue weighted by Gasteiger charge is 2.29. The first-order valence-electron chi connectivity index (χ1n) is 2.55. The number of hydrogen-bond donors (Lipinski definition) is 1. The molecular formula is C5H8N2O. The molecule has 8 heavy (non-hydrogen) atoms. The summed E-state index contributed by atoms with van der Waals surface area (Å²) in [4.78, 5) is 0. The molecule has 1 saturated heterocycles. The van der Waals surface area contributed by atoms with E-state index in [1.807, 2.05) is 6.07 Å². The van der Waals surface area contributed by atoms with Gasteiger partial charge in [0.15, 0.2) is 0 Å². The van der Waals surface area contributed by atoms with Crippen molar-refractivity contribution in [2.45, 2.75) is 12.0 Å². The zero-order chi connectivity index (χ0) is 6.04. The lowest BCUT2D eigenvalue weighted by Crippen LogP contribution is -2.38. The van der Waals surface area contributed by atoms with E-state index in [-0.39, 0.29) is 0 Å². The van der Waals surface area contributed by atoms with Crippen LogP contribution >= 0.6 is 0 Å². The van der Waals surface area contributed by atoms with E-state index in [0.717, 1.165) is 0 Å². The fourth-order valence-corrected chi connectivity index (χ4v) is 0.669. The molecule has 0 spiro atoms. The third-order valence-corrected chi connectivity index (χ3v) is 1.27. The molecule has 0 aromatic carbocycles. The van der Waals surface area contributed by atoms with Gasteiger partial charge in [-0.1, -0.05) is 0 Å². The second-order valence-corrected chi connectivity index (χ2v) is 2.07. The molecule has 1 heterocycles. The first-order chi connectivity index (χ1) is 3.77. The summed E-state index contributed by atoms with van der Waals surface area (Å²) in [6, 6.07) is 1.99. The zero-order valence-corrected chi connectivity index (χ0v) is 4.55. The predicted octanol–water partition coefficient (Wildman–Crippen LogP) is -0.372. The van der Waals surface area contributed by atoms with Crippen LogP contribution in [0.2, 0.25) is 0 Å². The molecule has 0 aliphatic carbocycles. The average Bonchev–Trinajstić information content (AvgIpc) is 2.17. The maximum absolute atomic E-state index is 8.37. The normalized spacial score (nSPS) is 37.0. The second kappa shape index (κ2) is 1.73. The number of rotatable bonds is 0. The minimum Gasteiger partial charge on any atom is -0.378 e. The molecular weight excluding hydrogens is 104 g/mol. The molecule has 1 atom stereocenters. The molecule has 44 valence electrons. The van der Waals surface area contributed by atoms with Gasteiger partial charge in [0.1, 0.15) is 5.54 Å². The topological polar surface area (TPSA) is 59.0 Å². The van der Waals surface area contributed by atoms with Crippen LogP contribution in [0.25, 0.3) is 0 Å². The Balaban J connectivity index is 2.56. The van der Waals surface area contributed by atoms with Crippen LogP contribution in [-0.2, 0) is 4.74 Å². The lowest BCUT2D eigenvalue weighted by atomic mass is 10.0. The molecule has 0 amide bonds. The quantitative estimate of drug-likeness (QED) is 0.465. The number of ether oxygens (including phenoxy) is 1. The molecule has 1 aliphatic rings. The Kier molecular flexibility index (Phi) is 1.20. The minimum absolute atomic E-state index is 0.392. The first-order valence-corrected chi connectivity index (χ1v) is 2.55. The fraction of sp³-hybridized carbons (Fsp3) is 0.800. The van der Waals surface area contributed by atoms with E-state index in [0.29, 0.717) is 19.6 Å². The Morgan fingerprint density at radius 3 is 2.75 bits per heavy atom. The third-order valence-electron chi connectivity index (χ3n) is 1.27. The lowest BCUT2D eigenvalue weighted by Gasteiger charge is -2.07. The second-order valence-electron chi connectivity index (χ2n) is 2.07. The smallest absolute Gasteiger partial charge is 0.130 e. The summed E-state index contributed by atoms with van der Waals surface area (Å²) in [6.45, 7) is 1.02. The highest BCUT2D eigenvalue weighted by molar-refractivity contribution is 5.06. The minimum atomic E-state index is -0.681. The van der Waals surface area contributed by atoms with Gasteiger partial charge in [-0.15, -0.1) is 0 Å². The molecule has 0 radical (unpaired) electrons. The Hall–Kier alpha value is -0.590. The van der Waals surface area contributed by atoms with E-state index < -0.39 is 5.54 Å². The highest BCUT2D eigenvalue weighted by Crippen LogP contribution is 2.12. The molecule has 0 saturated carbocycles. The van der Waals surface area contributed by atoms with Crippen LogP contribution < -0.4 is 5.73 Å². The van der Waals surface area contributed by atoms with Crippen LogP contribution in [0.4, 0.5) is 0 Å². The van der Waals surface area contributed by atoms with Crippen molar-refractivity contribution in [2.75, 3.05) is 13.2 Å². The number of nitrogens with zero attached hydrogens (tertiary/aromatic N) is 1. The monoisotopic (exact) mass is 112 g/mol. The van der Waals surface area contributed by atoms with Crippen molar-refractivity contribution in [3.63, 3.8) is 0 Å². The Morgan fingerprint density at radius 2 is 2.50 bits per heavy atom. The summed E-state index contributed by atoms with van der Waals surface area (Å²) in [5.41, 5.74) is 4.79. The van der Waals surface area contributed by atoms with Crippen molar-refractivity contribution < 1.29 is 4.74 Å². The van der Waals surface area contributed by atoms with E-state index in [9.17, 15) is 0 Å². The summed E-state index contributed by atoms with van der Waals surface area (Å²) in [5, 5.41) is 8.37. The largest absolute Gasteiger partial charge is 0.378 e. The summed E-state index contributed by atoms with van der Waals surface area (Å²) in [5.74, 6) is 0. The van der Waals surface area contributed by atoms with E-state index in [2.05, 4.69) is 0 Å². The third kappa shape index (κ3) is 0.808. The van der Waals surface area contributed by atoms with Gasteiger partial charge in [-0.2, -0.15) is 5.26 Å². The van der Waals surface area contributed by atoms with Gasteiger partial charge >= 0.3 is 0 Å². The number of nitrogens with two attached hydrogens (primary N) is 1. The van der Waals surface area contributed by atoms with Crippen LogP contribution in [0.3, 0.4) is 0 Å². The fourth-order valence-electron chi connectivity index (χ4n) is 0.669. The van der Waals surface area contributed by atoms with Crippen LogP contribution in [0.5, 0.6) is 0 Å². The number of hydrogen-bond acceptors (Lipinski definition) is 3. The van der Waals surface area contributed by atoms with Crippen LogP contribution in [0, 0.1) is 11.3 Å². The molecule has 1 fully saturated rings. The van der Waals surface area contributed by atoms with Crippen LogP contribution in [0.1, 0.15) is 6.42 Å². The van der Waals surface area contributed by atoms with E-state index in [1.54, 1.807) is 0 Å². The molecule has 0 aromatic rings. The zero-order valence-electron chi connectivity index (χ0n) is 4.55. The van der Waals surface area contributed by atoms with Crippen molar-refractivity contribution >= 4 is 0 Å². The predicted molar refractivity (Wildman–Crippen MR) is 28.0 cm³/mol. The molecule has 0 bridgehead atoms. The van der Waals surface area contributed by atoms with Crippen molar-refractivity contribution in [2.24, 2.45) is 5.73 Å². The van der Waals surface area contributed by atoms with Crippen molar-refractivity contribution in [3.8, 4) is 6.07 Å². The van der Waals surface area contributed by atoms with Crippen molar-refractivity contribution in [1.29, 1.82) is 5.26 Å². The Bertz CT molecular complexity index is 121. The van der Waals surface area contributed by atoms with Gasteiger partial charge in [0.2, 0.25) is 0 Å². The average molecular weight is 112 g/mol. The summed E-state index contributed by atoms with van der Waals surface area (Å²) in [7, 11) is 0. The molecule has 3 heteroatoms. The van der Waals surface area contributed by atoms with E-state index >= 15 is 0 Å². The van der Waals surface area contributed by atoms with Crippen LogP contribution in [-0.4, -0.2) is 18.8 Å². The van der Waals surface area contributed by atoms with Crippen LogP contribution in [0.15, 0.2) is 0 Å². The van der Waals surface area contributed by atoms with Gasteiger partial charge in [0.25, 0.3) is 0 Å². The first kappa shape index (κ1) is 5.54. The van der Waals surface area contributed by atoms with Gasteiger partial charge in [-0.05, 0) is 0 Å². The van der Waals surface area contributed by atoms with Gasteiger partial charge in [-0.3, -0.25) is 0 Å². The van der Waals surface area contributed by atoms with Gasteiger partial charge in [-0.25, -0.2) is 0 Å². The lowest BCUT2D eigenvalue weighted by molar-refractivity contribution is 0.187. The maximum Gasteiger partial charge on any atom is 0.130 e. The SMILES string of the molecule is N#C[C@]1(N)CCOC1. The molecule has 1 aliphatic heterocycles. The van der Waals surface area contributed by atoms with Gasteiger partial charge in [0.05, 0.1) is 12.7 Å². The van der Waals surface area contributed by atoms with E-state index in [4.69, 9.17) is 15.7 Å². The van der Waals surface area contributed by atoms with Gasteiger partial charge in [0, 0.05) is 13.0 Å². The molecule has 0 aromatic heterocycles. The van der Waals surface area contributed by atoms with E-state index in [1.165, 1.54) is 0 Å². The molecule has 3 nitrogen and oxygen atoms in total. The molecule has 0 unspecified atom stereocenters. The summed E-state index contributed by atoms with van der Waals surface area (Å²) in [6.07, 6.45) is 0.670. The van der Waals surface area contributed by atoms with Crippen molar-refractivity contribution in [1.82, 2.24) is 0 Å². The molecule has 2 N–H and O–H groups in total. The Labute approximate surface area is 48.0 Å². The molecule has 1 rings (SSSR count). The maximum atomic E-state index is 8.37. The highest BCUT2D eigenvalue weighted by atomic mass is 16.5. The summed E-state index contributed by atoms with van der Waals surface area (Å²) < 4.78 is 4.90. The van der Waals surface area contributed by atoms with Crippen molar-refractivity contribution in [3.05, 3.63) is 0 Å². The standard InChI is InChI=1S/C5H8N2O/c6-3-5(7)1-2-8-4-5/h1-2,4,7H2/t5-/m1/s1. The Morgan fingerprint density at radius 1 is 1.75 bits per heavy atom. The number of nitriles is 1. The summed E-state index contributed by atoms with van der Waals surface area (Å²) >= 11 is 0.